The van der Waals surface area contributed by atoms with Crippen molar-refractivity contribution in [2.75, 3.05) is 11.9 Å². The molecular formula is C11H14FNO2. The molecule has 0 bridgehead atoms. The molecule has 0 aliphatic carbocycles. The van der Waals surface area contributed by atoms with E-state index in [9.17, 15) is 9.18 Å². The maximum absolute atomic E-state index is 13.0. The van der Waals surface area contributed by atoms with Crippen molar-refractivity contribution in [3.8, 4) is 0 Å². The number of hydrogen-bond acceptors (Lipinski definition) is 2. The Bertz CT molecular complexity index is 364. The van der Waals surface area contributed by atoms with Crippen molar-refractivity contribution < 1.29 is 14.3 Å². The Morgan fingerprint density at radius 3 is 2.73 bits per heavy atom. The van der Waals surface area contributed by atoms with Crippen LogP contribution in [-0.4, -0.2) is 17.6 Å². The molecule has 0 radical (unpaired) electrons. The number of rotatable bonds is 4. The summed E-state index contributed by atoms with van der Waals surface area (Å²) < 4.78 is 13.0. The van der Waals surface area contributed by atoms with Crippen LogP contribution in [0.4, 0.5) is 10.1 Å². The van der Waals surface area contributed by atoms with Gasteiger partial charge in [0.2, 0.25) is 0 Å². The molecule has 15 heavy (non-hydrogen) atoms. The van der Waals surface area contributed by atoms with E-state index < -0.39 is 11.8 Å². The molecule has 1 aromatic rings. The lowest BCUT2D eigenvalue weighted by Crippen LogP contribution is -2.09. The number of nitrogens with one attached hydrogen (secondary N) is 1. The van der Waals surface area contributed by atoms with Crippen LogP contribution >= 0.6 is 0 Å². The highest BCUT2D eigenvalue weighted by atomic mass is 19.1. The monoisotopic (exact) mass is 211 g/mol. The second-order valence-corrected chi connectivity index (χ2v) is 3.77. The minimum Gasteiger partial charge on any atom is -0.478 e. The summed E-state index contributed by atoms with van der Waals surface area (Å²) in [4.78, 5) is 10.6. The Morgan fingerprint density at radius 1 is 1.53 bits per heavy atom. The van der Waals surface area contributed by atoms with Crippen LogP contribution in [0.25, 0.3) is 0 Å². The summed E-state index contributed by atoms with van der Waals surface area (Å²) in [6.45, 7) is 4.80. The average molecular weight is 211 g/mol. The molecule has 1 rings (SSSR count). The molecule has 0 fully saturated rings. The fourth-order valence-electron chi connectivity index (χ4n) is 1.12. The molecule has 1 aromatic carbocycles. The molecule has 0 unspecified atom stereocenters. The number of carboxylic acid groups (broad SMARTS) is 1. The van der Waals surface area contributed by atoms with Crippen LogP contribution < -0.4 is 5.32 Å². The van der Waals surface area contributed by atoms with Crippen LogP contribution in [0.1, 0.15) is 24.2 Å². The topological polar surface area (TPSA) is 49.3 Å². The van der Waals surface area contributed by atoms with Gasteiger partial charge in [-0.15, -0.1) is 0 Å². The van der Waals surface area contributed by atoms with Gasteiger partial charge < -0.3 is 10.4 Å². The van der Waals surface area contributed by atoms with E-state index >= 15 is 0 Å². The fourth-order valence-corrected chi connectivity index (χ4v) is 1.12. The Kier molecular flexibility index (Phi) is 3.66. The molecule has 0 aromatic heterocycles. The maximum Gasteiger partial charge on any atom is 0.338 e. The molecule has 0 heterocycles. The lowest BCUT2D eigenvalue weighted by atomic mass is 10.1. The number of carboxylic acids is 1. The fraction of sp³-hybridized carbons (Fsp3) is 0.364. The predicted octanol–water partition coefficient (Wildman–Crippen LogP) is 2.59. The summed E-state index contributed by atoms with van der Waals surface area (Å²) in [5, 5.41) is 11.7. The van der Waals surface area contributed by atoms with Gasteiger partial charge in [-0.1, -0.05) is 13.8 Å². The van der Waals surface area contributed by atoms with E-state index in [2.05, 4.69) is 5.32 Å². The summed E-state index contributed by atoms with van der Waals surface area (Å²) in [5.74, 6) is -1.51. The zero-order valence-electron chi connectivity index (χ0n) is 8.75. The highest BCUT2D eigenvalue weighted by Crippen LogP contribution is 2.15. The molecule has 0 saturated carbocycles. The first-order valence-electron chi connectivity index (χ1n) is 4.77. The SMILES string of the molecule is CC(C)CNc1ccc(F)c(C(=O)O)c1. The first-order chi connectivity index (χ1) is 7.00. The molecule has 0 atom stereocenters. The maximum atomic E-state index is 13.0. The lowest BCUT2D eigenvalue weighted by Gasteiger charge is -2.09. The highest BCUT2D eigenvalue weighted by Gasteiger charge is 2.10. The average Bonchev–Trinajstić information content (AvgIpc) is 2.16. The Morgan fingerprint density at radius 2 is 2.20 bits per heavy atom. The zero-order valence-corrected chi connectivity index (χ0v) is 8.75. The van der Waals surface area contributed by atoms with Crippen molar-refractivity contribution in [3.63, 3.8) is 0 Å². The van der Waals surface area contributed by atoms with Gasteiger partial charge in [0.05, 0.1) is 5.56 Å². The van der Waals surface area contributed by atoms with Gasteiger partial charge in [-0.3, -0.25) is 0 Å². The van der Waals surface area contributed by atoms with Crippen molar-refractivity contribution in [2.24, 2.45) is 5.92 Å². The predicted molar refractivity (Wildman–Crippen MR) is 56.7 cm³/mol. The van der Waals surface area contributed by atoms with Crippen molar-refractivity contribution in [1.29, 1.82) is 0 Å². The van der Waals surface area contributed by atoms with Gasteiger partial charge in [-0.05, 0) is 24.1 Å². The van der Waals surface area contributed by atoms with E-state index in [-0.39, 0.29) is 5.56 Å². The number of hydrogen-bond donors (Lipinski definition) is 2. The molecule has 0 aliphatic heterocycles. The van der Waals surface area contributed by atoms with Crippen LogP contribution in [0.2, 0.25) is 0 Å². The van der Waals surface area contributed by atoms with Gasteiger partial charge in [0, 0.05) is 12.2 Å². The number of carbonyl (C=O) groups is 1. The van der Waals surface area contributed by atoms with E-state index in [1.807, 2.05) is 13.8 Å². The quantitative estimate of drug-likeness (QED) is 0.804. The highest BCUT2D eigenvalue weighted by molar-refractivity contribution is 5.89. The van der Waals surface area contributed by atoms with Crippen molar-refractivity contribution in [2.45, 2.75) is 13.8 Å². The second-order valence-electron chi connectivity index (χ2n) is 3.77. The van der Waals surface area contributed by atoms with Crippen molar-refractivity contribution in [1.82, 2.24) is 0 Å². The molecular weight excluding hydrogens is 197 g/mol. The van der Waals surface area contributed by atoms with Crippen LogP contribution in [0.5, 0.6) is 0 Å². The second kappa shape index (κ2) is 4.77. The van der Waals surface area contributed by atoms with Crippen LogP contribution in [-0.2, 0) is 0 Å². The summed E-state index contributed by atoms with van der Waals surface area (Å²) in [5.41, 5.74) is 0.325. The normalized spacial score (nSPS) is 10.4. The first-order valence-corrected chi connectivity index (χ1v) is 4.77. The largest absolute Gasteiger partial charge is 0.478 e. The minimum atomic E-state index is -1.25. The molecule has 3 nitrogen and oxygen atoms in total. The lowest BCUT2D eigenvalue weighted by molar-refractivity contribution is 0.0692. The van der Waals surface area contributed by atoms with Gasteiger partial charge in [-0.25, -0.2) is 9.18 Å². The molecule has 0 amide bonds. The smallest absolute Gasteiger partial charge is 0.338 e. The molecule has 82 valence electrons. The first kappa shape index (κ1) is 11.5. The van der Waals surface area contributed by atoms with E-state index in [4.69, 9.17) is 5.11 Å². The Labute approximate surface area is 87.9 Å². The standard InChI is InChI=1S/C11H14FNO2/c1-7(2)6-13-8-3-4-10(12)9(5-8)11(14)15/h3-5,7,13H,6H2,1-2H3,(H,14,15). The van der Waals surface area contributed by atoms with E-state index in [0.717, 1.165) is 12.6 Å². The van der Waals surface area contributed by atoms with E-state index in [1.165, 1.54) is 12.1 Å². The van der Waals surface area contributed by atoms with Crippen molar-refractivity contribution in [3.05, 3.63) is 29.6 Å². The number of anilines is 1. The third kappa shape index (κ3) is 3.23. The van der Waals surface area contributed by atoms with Crippen LogP contribution in [0.3, 0.4) is 0 Å². The van der Waals surface area contributed by atoms with Gasteiger partial charge in [-0.2, -0.15) is 0 Å². The van der Waals surface area contributed by atoms with Crippen molar-refractivity contribution >= 4 is 11.7 Å². The summed E-state index contributed by atoms with van der Waals surface area (Å²) in [7, 11) is 0. The van der Waals surface area contributed by atoms with Gasteiger partial charge in [0.1, 0.15) is 5.82 Å². The summed E-state index contributed by atoms with van der Waals surface area (Å²) in [6.07, 6.45) is 0. The third-order valence-corrected chi connectivity index (χ3v) is 1.91. The third-order valence-electron chi connectivity index (χ3n) is 1.91. The van der Waals surface area contributed by atoms with E-state index in [0.29, 0.717) is 11.6 Å². The van der Waals surface area contributed by atoms with Gasteiger partial charge in [0.15, 0.2) is 0 Å². The van der Waals surface area contributed by atoms with Gasteiger partial charge >= 0.3 is 5.97 Å². The van der Waals surface area contributed by atoms with E-state index in [1.54, 1.807) is 0 Å². The molecule has 0 saturated heterocycles. The molecule has 2 N–H and O–H groups in total. The summed E-state index contributed by atoms with van der Waals surface area (Å²) in [6, 6.07) is 4.00. The van der Waals surface area contributed by atoms with Crippen LogP contribution in [0, 0.1) is 11.7 Å². The zero-order chi connectivity index (χ0) is 11.4. The van der Waals surface area contributed by atoms with Crippen LogP contribution in [0.15, 0.2) is 18.2 Å². The van der Waals surface area contributed by atoms with Gasteiger partial charge in [0.25, 0.3) is 0 Å². The minimum absolute atomic E-state index is 0.302. The number of benzene rings is 1. The molecule has 0 aliphatic rings. The number of aromatic carboxylic acids is 1. The molecule has 4 heteroatoms. The molecule has 0 spiro atoms. The summed E-state index contributed by atoms with van der Waals surface area (Å²) >= 11 is 0. The number of halogens is 1. The Balaban J connectivity index is 2.83. The Hall–Kier alpha value is -1.58.